The maximum absolute atomic E-state index is 12.4. The van der Waals surface area contributed by atoms with Crippen molar-refractivity contribution in [1.29, 1.82) is 0 Å². The Hall–Kier alpha value is -0.140. The molecule has 0 aliphatic carbocycles. The van der Waals surface area contributed by atoms with Gasteiger partial charge in [0.2, 0.25) is 10.0 Å². The van der Waals surface area contributed by atoms with Crippen LogP contribution in [-0.4, -0.2) is 39.5 Å². The van der Waals surface area contributed by atoms with Gasteiger partial charge in [0.25, 0.3) is 0 Å². The molecule has 0 bridgehead atoms. The van der Waals surface area contributed by atoms with Gasteiger partial charge in [0.05, 0.1) is 11.1 Å². The second-order valence-electron chi connectivity index (χ2n) is 3.88. The zero-order chi connectivity index (χ0) is 13.9. The SMILES string of the molecule is COC(C)CN(C)S(=O)(=O)c1c(Cl)cccc1Br. The predicted molar refractivity (Wildman–Crippen MR) is 75.4 cm³/mol. The molecule has 0 aliphatic heterocycles. The van der Waals surface area contributed by atoms with Crippen molar-refractivity contribution in [3.05, 3.63) is 27.7 Å². The van der Waals surface area contributed by atoms with Gasteiger partial charge in [0.1, 0.15) is 4.90 Å². The summed E-state index contributed by atoms with van der Waals surface area (Å²) in [4.78, 5) is 0.0810. The molecule has 0 saturated heterocycles. The lowest BCUT2D eigenvalue weighted by molar-refractivity contribution is 0.104. The Morgan fingerprint density at radius 1 is 1.50 bits per heavy atom. The molecule has 0 saturated carbocycles. The molecule has 18 heavy (non-hydrogen) atoms. The normalized spacial score (nSPS) is 13.9. The molecule has 1 aromatic carbocycles. The number of hydrogen-bond donors (Lipinski definition) is 0. The minimum Gasteiger partial charge on any atom is -0.380 e. The molecule has 1 aromatic rings. The highest BCUT2D eigenvalue weighted by atomic mass is 79.9. The van der Waals surface area contributed by atoms with E-state index in [4.69, 9.17) is 16.3 Å². The van der Waals surface area contributed by atoms with Gasteiger partial charge in [-0.3, -0.25) is 0 Å². The lowest BCUT2D eigenvalue weighted by Crippen LogP contribution is -2.34. The van der Waals surface area contributed by atoms with Gasteiger partial charge in [-0.1, -0.05) is 17.7 Å². The van der Waals surface area contributed by atoms with Gasteiger partial charge in [0, 0.05) is 25.2 Å². The molecule has 102 valence electrons. The quantitative estimate of drug-likeness (QED) is 0.815. The van der Waals surface area contributed by atoms with Crippen LogP contribution in [0.2, 0.25) is 5.02 Å². The minimum absolute atomic E-state index is 0.0810. The molecule has 1 atom stereocenters. The lowest BCUT2D eigenvalue weighted by atomic mass is 10.4. The van der Waals surface area contributed by atoms with Crippen LogP contribution in [0.3, 0.4) is 0 Å². The molecule has 0 amide bonds. The summed E-state index contributed by atoms with van der Waals surface area (Å²) in [6.07, 6.45) is -0.189. The molecule has 0 radical (unpaired) electrons. The van der Waals surface area contributed by atoms with E-state index in [2.05, 4.69) is 15.9 Å². The second-order valence-corrected chi connectivity index (χ2v) is 7.13. The molecule has 1 unspecified atom stereocenters. The first-order chi connectivity index (χ1) is 8.30. The lowest BCUT2D eigenvalue weighted by Gasteiger charge is -2.21. The molecule has 0 fully saturated rings. The van der Waals surface area contributed by atoms with Crippen LogP contribution in [0.4, 0.5) is 0 Å². The van der Waals surface area contributed by atoms with Crippen molar-refractivity contribution in [3.63, 3.8) is 0 Å². The monoisotopic (exact) mass is 355 g/mol. The van der Waals surface area contributed by atoms with E-state index >= 15 is 0 Å². The van der Waals surface area contributed by atoms with Gasteiger partial charge in [-0.25, -0.2) is 8.42 Å². The van der Waals surface area contributed by atoms with Crippen LogP contribution < -0.4 is 0 Å². The standard InChI is InChI=1S/C11H15BrClNO3S/c1-8(17-3)7-14(2)18(15,16)11-9(12)5-4-6-10(11)13/h4-6,8H,7H2,1-3H3. The third-order valence-corrected chi connectivity index (χ3v) is 5.78. The number of methoxy groups -OCH3 is 1. The van der Waals surface area contributed by atoms with Gasteiger partial charge in [-0.15, -0.1) is 0 Å². The molecular weight excluding hydrogens is 342 g/mol. The average Bonchev–Trinajstić information content (AvgIpc) is 2.28. The zero-order valence-electron chi connectivity index (χ0n) is 10.4. The maximum atomic E-state index is 12.4. The fourth-order valence-electron chi connectivity index (χ4n) is 1.42. The number of hydrogen-bond acceptors (Lipinski definition) is 3. The summed E-state index contributed by atoms with van der Waals surface area (Å²) in [5.74, 6) is 0. The Morgan fingerprint density at radius 3 is 2.61 bits per heavy atom. The van der Waals surface area contributed by atoms with Crippen LogP contribution in [0.15, 0.2) is 27.6 Å². The molecule has 0 N–H and O–H groups in total. The smallest absolute Gasteiger partial charge is 0.245 e. The van der Waals surface area contributed by atoms with E-state index in [0.29, 0.717) is 4.47 Å². The highest BCUT2D eigenvalue weighted by Gasteiger charge is 2.27. The summed E-state index contributed by atoms with van der Waals surface area (Å²) in [5.41, 5.74) is 0. The van der Waals surface area contributed by atoms with E-state index in [1.165, 1.54) is 18.5 Å². The number of likely N-dealkylation sites (N-methyl/N-ethyl adjacent to an activating group) is 1. The molecule has 0 aliphatic rings. The highest BCUT2D eigenvalue weighted by molar-refractivity contribution is 9.10. The van der Waals surface area contributed by atoms with Crippen molar-refractivity contribution in [1.82, 2.24) is 4.31 Å². The molecule has 0 heterocycles. The first-order valence-electron chi connectivity index (χ1n) is 5.24. The first kappa shape index (κ1) is 15.9. The zero-order valence-corrected chi connectivity index (χ0v) is 13.5. The Morgan fingerprint density at radius 2 is 2.11 bits per heavy atom. The predicted octanol–water partition coefficient (Wildman–Crippen LogP) is 2.76. The van der Waals surface area contributed by atoms with Crippen LogP contribution >= 0.6 is 27.5 Å². The van der Waals surface area contributed by atoms with Crippen molar-refractivity contribution in [3.8, 4) is 0 Å². The molecule has 1 rings (SSSR count). The summed E-state index contributed by atoms with van der Waals surface area (Å²) in [6.45, 7) is 2.06. The van der Waals surface area contributed by atoms with Gasteiger partial charge in [-0.2, -0.15) is 4.31 Å². The number of benzene rings is 1. The van der Waals surface area contributed by atoms with Crippen molar-refractivity contribution < 1.29 is 13.2 Å². The summed E-state index contributed by atoms with van der Waals surface area (Å²) in [5, 5.41) is 0.196. The molecular formula is C11H15BrClNO3S. The largest absolute Gasteiger partial charge is 0.380 e. The van der Waals surface area contributed by atoms with E-state index < -0.39 is 10.0 Å². The minimum atomic E-state index is -3.63. The fourth-order valence-corrected chi connectivity index (χ4v) is 4.33. The summed E-state index contributed by atoms with van der Waals surface area (Å²) in [6, 6.07) is 4.88. The van der Waals surface area contributed by atoms with Crippen LogP contribution in [0.5, 0.6) is 0 Å². The fraction of sp³-hybridized carbons (Fsp3) is 0.455. The van der Waals surface area contributed by atoms with Crippen molar-refractivity contribution in [2.75, 3.05) is 20.7 Å². The van der Waals surface area contributed by atoms with Crippen LogP contribution in [0, 0.1) is 0 Å². The number of nitrogens with zero attached hydrogens (tertiary/aromatic N) is 1. The Bertz CT molecular complexity index is 501. The van der Waals surface area contributed by atoms with Gasteiger partial charge >= 0.3 is 0 Å². The first-order valence-corrected chi connectivity index (χ1v) is 7.85. The Kier molecular flexibility index (Phi) is 5.61. The van der Waals surface area contributed by atoms with Crippen LogP contribution in [0.25, 0.3) is 0 Å². The molecule has 7 heteroatoms. The van der Waals surface area contributed by atoms with Crippen LogP contribution in [-0.2, 0) is 14.8 Å². The number of rotatable bonds is 5. The maximum Gasteiger partial charge on any atom is 0.245 e. The van der Waals surface area contributed by atoms with E-state index in [1.54, 1.807) is 25.1 Å². The summed E-state index contributed by atoms with van der Waals surface area (Å²) < 4.78 is 31.5. The number of sulfonamides is 1. The van der Waals surface area contributed by atoms with Crippen molar-refractivity contribution in [2.45, 2.75) is 17.9 Å². The molecule has 0 spiro atoms. The number of halogens is 2. The molecule has 0 aromatic heterocycles. The van der Waals surface area contributed by atoms with E-state index in [-0.39, 0.29) is 22.6 Å². The van der Waals surface area contributed by atoms with Crippen molar-refractivity contribution in [2.24, 2.45) is 0 Å². The number of ether oxygens (including phenoxy) is 1. The van der Waals surface area contributed by atoms with E-state index in [0.717, 1.165) is 0 Å². The second kappa shape index (κ2) is 6.34. The van der Waals surface area contributed by atoms with Crippen molar-refractivity contribution >= 4 is 37.6 Å². The van der Waals surface area contributed by atoms with Gasteiger partial charge in [0.15, 0.2) is 0 Å². The summed E-state index contributed by atoms with van der Waals surface area (Å²) >= 11 is 9.17. The average molecular weight is 357 g/mol. The van der Waals surface area contributed by atoms with Gasteiger partial charge in [-0.05, 0) is 35.0 Å². The highest BCUT2D eigenvalue weighted by Crippen LogP contribution is 2.31. The van der Waals surface area contributed by atoms with Crippen LogP contribution in [0.1, 0.15) is 6.92 Å². The third-order valence-electron chi connectivity index (χ3n) is 2.50. The third kappa shape index (κ3) is 3.45. The Balaban J connectivity index is 3.14. The molecule has 4 nitrogen and oxygen atoms in total. The van der Waals surface area contributed by atoms with E-state index in [9.17, 15) is 8.42 Å². The van der Waals surface area contributed by atoms with E-state index in [1.807, 2.05) is 0 Å². The Labute approximate surface area is 121 Å². The topological polar surface area (TPSA) is 46.6 Å². The summed E-state index contributed by atoms with van der Waals surface area (Å²) in [7, 11) is -0.592. The van der Waals surface area contributed by atoms with Gasteiger partial charge < -0.3 is 4.74 Å².